The second-order valence-corrected chi connectivity index (χ2v) is 10.8. The van der Waals surface area contributed by atoms with Crippen LogP contribution in [0.2, 0.25) is 0 Å². The van der Waals surface area contributed by atoms with Crippen molar-refractivity contribution in [3.8, 4) is 22.5 Å². The second kappa shape index (κ2) is 10.5. The van der Waals surface area contributed by atoms with E-state index in [-0.39, 0.29) is 0 Å². The highest BCUT2D eigenvalue weighted by Crippen LogP contribution is 2.42. The Bertz CT molecular complexity index is 1910. The molecule has 2 aliphatic rings. The standard InChI is InChI=1S/C35H29N2O2S/c1-21-9-7-10-22(2)34(21)36-25-15-17-27-30(19-25)39-31-20-26(37-35-23(3)11-8-12-24(35)4)16-18-28(31)33(27)29-13-5-6-14-32(29)40-38/h5-20,36H,1-4H3/q+1. The van der Waals surface area contributed by atoms with E-state index in [4.69, 9.17) is 9.41 Å². The van der Waals surface area contributed by atoms with Crippen LogP contribution in [-0.4, -0.2) is 0 Å². The van der Waals surface area contributed by atoms with Gasteiger partial charge in [-0.15, -0.1) is 0 Å². The lowest BCUT2D eigenvalue weighted by Crippen LogP contribution is -2.03. The summed E-state index contributed by atoms with van der Waals surface area (Å²) in [4.78, 5) is 5.65. The fourth-order valence-corrected chi connectivity index (χ4v) is 5.72. The molecule has 1 aliphatic heterocycles. The minimum absolute atomic E-state index is 0.512. The molecule has 0 unspecified atom stereocenters. The first-order valence-corrected chi connectivity index (χ1v) is 14.0. The summed E-state index contributed by atoms with van der Waals surface area (Å²) >= 11 is 0.512. The summed E-state index contributed by atoms with van der Waals surface area (Å²) in [5, 5.41) is 5.35. The molecular weight excluding hydrogens is 512 g/mol. The quantitative estimate of drug-likeness (QED) is 0.175. The maximum atomic E-state index is 12.1. The Morgan fingerprint density at radius 1 is 0.700 bits per heavy atom. The molecule has 5 heteroatoms. The Labute approximate surface area is 237 Å². The number of nitrogens with zero attached hydrogens (tertiary/aromatic N) is 1. The second-order valence-electron chi connectivity index (χ2n) is 10.2. The van der Waals surface area contributed by atoms with Gasteiger partial charge in [-0.3, -0.25) is 0 Å². The predicted octanol–water partition coefficient (Wildman–Crippen LogP) is 9.20. The zero-order valence-electron chi connectivity index (χ0n) is 22.9. The maximum Gasteiger partial charge on any atom is 0.505 e. The van der Waals surface area contributed by atoms with Crippen molar-refractivity contribution in [1.82, 2.24) is 0 Å². The van der Waals surface area contributed by atoms with E-state index in [0.29, 0.717) is 22.3 Å². The summed E-state index contributed by atoms with van der Waals surface area (Å²) in [7, 11) is 0. The first-order chi connectivity index (χ1) is 19.4. The van der Waals surface area contributed by atoms with Gasteiger partial charge in [-0.1, -0.05) is 48.5 Å². The van der Waals surface area contributed by atoms with Gasteiger partial charge in [0.15, 0.2) is 0 Å². The lowest BCUT2D eigenvalue weighted by Gasteiger charge is -2.17. The van der Waals surface area contributed by atoms with E-state index < -0.39 is 0 Å². The highest BCUT2D eigenvalue weighted by Gasteiger charge is 2.23. The summed E-state index contributed by atoms with van der Waals surface area (Å²) in [5.74, 6) is 0.713. The maximum absolute atomic E-state index is 12.1. The van der Waals surface area contributed by atoms with Gasteiger partial charge in [-0.2, -0.15) is 0 Å². The smallest absolute Gasteiger partial charge is 0.456 e. The zero-order chi connectivity index (χ0) is 27.8. The number of aryl methyl sites for hydroxylation is 4. The van der Waals surface area contributed by atoms with Gasteiger partial charge in [-0.25, -0.2) is 4.99 Å². The van der Waals surface area contributed by atoms with E-state index in [2.05, 4.69) is 81.5 Å². The molecule has 0 spiro atoms. The molecule has 0 radical (unpaired) electrons. The van der Waals surface area contributed by atoms with Crippen LogP contribution in [0.5, 0.6) is 0 Å². The SMILES string of the molecule is Cc1cccc(C)c1N=c1ccc2c(-c3ccccc3[S+]=O)c3ccc(Nc4c(C)cccc4C)cc3oc-2c1. The molecule has 40 heavy (non-hydrogen) atoms. The van der Waals surface area contributed by atoms with Crippen LogP contribution in [0.4, 0.5) is 17.1 Å². The minimum Gasteiger partial charge on any atom is -0.456 e. The normalized spacial score (nSPS) is 11.8. The van der Waals surface area contributed by atoms with Crippen LogP contribution in [0.3, 0.4) is 0 Å². The molecule has 0 aromatic heterocycles. The first-order valence-electron chi connectivity index (χ1n) is 13.3. The molecule has 0 bridgehead atoms. The summed E-state index contributed by atoms with van der Waals surface area (Å²) in [6, 6.07) is 32.4. The zero-order valence-corrected chi connectivity index (χ0v) is 23.7. The van der Waals surface area contributed by atoms with Gasteiger partial charge in [0.1, 0.15) is 11.3 Å². The number of hydrogen-bond donors (Lipinski definition) is 1. The third-order valence-electron chi connectivity index (χ3n) is 7.38. The number of fused-ring (bicyclic) bond motifs is 2. The van der Waals surface area contributed by atoms with Crippen LogP contribution in [-0.2, 0) is 15.9 Å². The molecular formula is C35H29N2O2S+. The van der Waals surface area contributed by atoms with Crippen LogP contribution >= 0.6 is 0 Å². The Morgan fingerprint density at radius 2 is 1.40 bits per heavy atom. The number of hydrogen-bond acceptors (Lipinski definition) is 4. The van der Waals surface area contributed by atoms with Crippen LogP contribution in [0, 0.1) is 27.7 Å². The van der Waals surface area contributed by atoms with E-state index in [1.165, 1.54) is 11.1 Å². The van der Waals surface area contributed by atoms with Crippen molar-refractivity contribution >= 4 is 39.7 Å². The average Bonchev–Trinajstić information content (AvgIpc) is 2.95. The third-order valence-corrected chi connectivity index (χ3v) is 7.92. The van der Waals surface area contributed by atoms with Crippen LogP contribution < -0.4 is 10.7 Å². The monoisotopic (exact) mass is 541 g/mol. The van der Waals surface area contributed by atoms with E-state index in [1.807, 2.05) is 48.5 Å². The van der Waals surface area contributed by atoms with Crippen molar-refractivity contribution in [3.05, 3.63) is 125 Å². The molecule has 4 nitrogen and oxygen atoms in total. The predicted molar refractivity (Wildman–Crippen MR) is 165 cm³/mol. The molecule has 0 fully saturated rings. The fraction of sp³-hybridized carbons (Fsp3) is 0.114. The van der Waals surface area contributed by atoms with E-state index in [9.17, 15) is 4.21 Å². The molecule has 196 valence electrons. The van der Waals surface area contributed by atoms with Crippen LogP contribution in [0.15, 0.2) is 111 Å². The van der Waals surface area contributed by atoms with Crippen molar-refractivity contribution < 1.29 is 8.63 Å². The number of para-hydroxylation sites is 2. The molecule has 4 aromatic carbocycles. The van der Waals surface area contributed by atoms with Gasteiger partial charge in [0, 0.05) is 50.3 Å². The minimum atomic E-state index is 0.512. The Morgan fingerprint density at radius 3 is 2.12 bits per heavy atom. The molecule has 0 saturated heterocycles. The molecule has 0 amide bonds. The van der Waals surface area contributed by atoms with Crippen molar-refractivity contribution in [2.75, 3.05) is 5.32 Å². The van der Waals surface area contributed by atoms with Gasteiger partial charge < -0.3 is 9.73 Å². The number of benzene rings is 5. The lowest BCUT2D eigenvalue weighted by molar-refractivity contribution is 0.605. The number of rotatable bonds is 5. The summed E-state index contributed by atoms with van der Waals surface area (Å²) in [6.45, 7) is 8.35. The molecule has 1 aliphatic carbocycles. The lowest BCUT2D eigenvalue weighted by atomic mass is 9.93. The van der Waals surface area contributed by atoms with E-state index in [0.717, 1.165) is 61.2 Å². The van der Waals surface area contributed by atoms with E-state index >= 15 is 0 Å². The summed E-state index contributed by atoms with van der Waals surface area (Å²) in [5.41, 5.74) is 11.1. The topological polar surface area (TPSA) is 54.6 Å². The van der Waals surface area contributed by atoms with Gasteiger partial charge in [0.2, 0.25) is 0 Å². The fourth-order valence-electron chi connectivity index (χ4n) is 5.33. The number of nitrogens with one attached hydrogen (secondary N) is 1. The summed E-state index contributed by atoms with van der Waals surface area (Å²) in [6.07, 6.45) is 0. The Hall–Kier alpha value is -4.61. The molecule has 6 rings (SSSR count). The largest absolute Gasteiger partial charge is 0.505 e. The highest BCUT2D eigenvalue weighted by molar-refractivity contribution is 7.65. The van der Waals surface area contributed by atoms with Crippen molar-refractivity contribution in [3.63, 3.8) is 0 Å². The number of anilines is 2. The van der Waals surface area contributed by atoms with Crippen molar-refractivity contribution in [2.24, 2.45) is 4.99 Å². The Kier molecular flexibility index (Phi) is 6.74. The Balaban J connectivity index is 1.61. The average molecular weight is 542 g/mol. The van der Waals surface area contributed by atoms with E-state index in [1.54, 1.807) is 0 Å². The van der Waals surface area contributed by atoms with Gasteiger partial charge in [-0.05, 0) is 80.3 Å². The van der Waals surface area contributed by atoms with Gasteiger partial charge in [0.25, 0.3) is 4.90 Å². The van der Waals surface area contributed by atoms with Crippen molar-refractivity contribution in [1.29, 1.82) is 0 Å². The van der Waals surface area contributed by atoms with Crippen molar-refractivity contribution in [2.45, 2.75) is 32.6 Å². The molecule has 4 aromatic rings. The molecule has 0 atom stereocenters. The summed E-state index contributed by atoms with van der Waals surface area (Å²) < 4.78 is 18.7. The van der Waals surface area contributed by atoms with Gasteiger partial charge in [0.05, 0.1) is 16.6 Å². The first kappa shape index (κ1) is 25.7. The van der Waals surface area contributed by atoms with Gasteiger partial charge >= 0.3 is 11.7 Å². The van der Waals surface area contributed by atoms with Crippen LogP contribution in [0.25, 0.3) is 33.4 Å². The third kappa shape index (κ3) is 4.69. The van der Waals surface area contributed by atoms with Crippen LogP contribution in [0.1, 0.15) is 22.3 Å². The molecule has 1 heterocycles. The molecule has 0 saturated carbocycles. The highest BCUT2D eigenvalue weighted by atomic mass is 32.1. The molecule has 1 N–H and O–H groups in total.